The lowest BCUT2D eigenvalue weighted by Gasteiger charge is -2.23. The van der Waals surface area contributed by atoms with Crippen molar-refractivity contribution >= 4 is 15.9 Å². The molecule has 214 valence electrons. The van der Waals surface area contributed by atoms with Crippen molar-refractivity contribution in [3.8, 4) is 28.0 Å². The monoisotopic (exact) mass is 587 g/mol. The fraction of sp³-hybridized carbons (Fsp3) is 0.167. The number of aryl methyl sites for hydroxylation is 1. The molecule has 11 heteroatoms. The van der Waals surface area contributed by atoms with E-state index in [-0.39, 0.29) is 23.5 Å². The number of carbonyl (C=O) groups excluding carboxylic acids is 1. The lowest BCUT2D eigenvalue weighted by atomic mass is 9.95. The summed E-state index contributed by atoms with van der Waals surface area (Å²) in [6, 6.07) is 25.9. The van der Waals surface area contributed by atoms with Crippen LogP contribution in [0.2, 0.25) is 0 Å². The van der Waals surface area contributed by atoms with E-state index >= 15 is 0 Å². The molecule has 4 aromatic carbocycles. The number of carbonyl (C=O) groups is 1. The Kier molecular flexibility index (Phi) is 8.79. The molecule has 1 heterocycles. The number of hydrogen-bond donors (Lipinski definition) is 2. The molecule has 1 aliphatic rings. The van der Waals surface area contributed by atoms with Crippen LogP contribution in [0.4, 0.5) is 17.6 Å². The maximum absolute atomic E-state index is 13.7. The van der Waals surface area contributed by atoms with E-state index in [9.17, 15) is 35.9 Å². The lowest BCUT2D eigenvalue weighted by molar-refractivity contribution is -0.0446. The van der Waals surface area contributed by atoms with Crippen LogP contribution in [0.15, 0.2) is 91.0 Å². The third-order valence-corrected chi connectivity index (χ3v) is 7.31. The maximum Gasteiger partial charge on any atom is 0.516 e. The van der Waals surface area contributed by atoms with E-state index in [2.05, 4.69) is 55.5 Å². The Morgan fingerprint density at radius 3 is 2.20 bits per heavy atom. The molecular formula is C30H25F4NO5S. The van der Waals surface area contributed by atoms with Crippen molar-refractivity contribution < 1.29 is 40.6 Å². The van der Waals surface area contributed by atoms with Gasteiger partial charge in [0.25, 0.3) is 5.91 Å². The van der Waals surface area contributed by atoms with E-state index in [1.165, 1.54) is 34.9 Å². The molecule has 0 saturated heterocycles. The minimum atomic E-state index is -5.93. The number of alkyl halides is 3. The van der Waals surface area contributed by atoms with Gasteiger partial charge in [-0.2, -0.15) is 21.6 Å². The molecule has 0 bridgehead atoms. The third kappa shape index (κ3) is 7.11. The number of amides is 1. The Labute approximate surface area is 234 Å². The number of ether oxygens (including phenoxy) is 1. The van der Waals surface area contributed by atoms with Gasteiger partial charge in [-0.15, -0.1) is 0 Å². The van der Waals surface area contributed by atoms with Crippen molar-refractivity contribution in [3.63, 3.8) is 0 Å². The Morgan fingerprint density at radius 2 is 1.54 bits per heavy atom. The molecular weight excluding hydrogens is 562 g/mol. The Balaban J connectivity index is 0.000000247. The molecule has 41 heavy (non-hydrogen) atoms. The molecule has 4 aromatic rings. The fourth-order valence-corrected chi connectivity index (χ4v) is 4.57. The van der Waals surface area contributed by atoms with Gasteiger partial charge in [-0.3, -0.25) is 4.79 Å². The predicted octanol–water partition coefficient (Wildman–Crippen LogP) is 6.55. The van der Waals surface area contributed by atoms with Gasteiger partial charge in [0.15, 0.2) is 0 Å². The fourth-order valence-electron chi connectivity index (χ4n) is 4.10. The van der Waals surface area contributed by atoms with E-state index in [0.717, 1.165) is 22.9 Å². The smallest absolute Gasteiger partial charge is 0.493 e. The SMILES string of the molecule is Cc1ccc(-c2ccccc2)cc1.O=C(NS(=O)(=O)C(F)(F)F)c1ccc(F)cc1-c1ccc2c(c1)OCC[C@@H]2O. The zero-order chi connectivity index (χ0) is 29.8. The van der Waals surface area contributed by atoms with Gasteiger partial charge in [0.1, 0.15) is 11.6 Å². The van der Waals surface area contributed by atoms with Crippen molar-refractivity contribution in [2.45, 2.75) is 25.0 Å². The highest BCUT2D eigenvalue weighted by atomic mass is 32.2. The van der Waals surface area contributed by atoms with Gasteiger partial charge < -0.3 is 9.84 Å². The van der Waals surface area contributed by atoms with Crippen LogP contribution in [0.3, 0.4) is 0 Å². The highest BCUT2D eigenvalue weighted by Gasteiger charge is 2.47. The number of aliphatic hydroxyl groups is 1. The highest BCUT2D eigenvalue weighted by Crippen LogP contribution is 2.36. The number of halogens is 4. The molecule has 2 N–H and O–H groups in total. The minimum absolute atomic E-state index is 0.138. The minimum Gasteiger partial charge on any atom is -0.493 e. The molecule has 0 saturated carbocycles. The van der Waals surface area contributed by atoms with Crippen molar-refractivity contribution in [1.82, 2.24) is 4.72 Å². The molecule has 6 nitrogen and oxygen atoms in total. The average Bonchev–Trinajstić information content (AvgIpc) is 2.93. The number of hydrogen-bond acceptors (Lipinski definition) is 5. The predicted molar refractivity (Wildman–Crippen MR) is 146 cm³/mol. The van der Waals surface area contributed by atoms with E-state index in [4.69, 9.17) is 4.74 Å². The second-order valence-corrected chi connectivity index (χ2v) is 10.9. The molecule has 0 radical (unpaired) electrons. The van der Waals surface area contributed by atoms with Crippen LogP contribution < -0.4 is 9.46 Å². The van der Waals surface area contributed by atoms with Gasteiger partial charge in [0.05, 0.1) is 12.7 Å². The van der Waals surface area contributed by atoms with E-state index in [1.807, 2.05) is 6.07 Å². The zero-order valence-electron chi connectivity index (χ0n) is 21.7. The van der Waals surface area contributed by atoms with E-state index in [0.29, 0.717) is 12.0 Å². The number of nitrogens with one attached hydrogen (secondary N) is 1. The first-order chi connectivity index (χ1) is 19.4. The third-order valence-electron chi connectivity index (χ3n) is 6.25. The first-order valence-electron chi connectivity index (χ1n) is 12.4. The van der Waals surface area contributed by atoms with Crippen molar-refractivity contribution in [3.05, 3.63) is 114 Å². The molecule has 0 fully saturated rings. The average molecular weight is 588 g/mol. The quantitative estimate of drug-likeness (QED) is 0.264. The van der Waals surface area contributed by atoms with Crippen molar-refractivity contribution in [1.29, 1.82) is 0 Å². The Bertz CT molecular complexity index is 1640. The van der Waals surface area contributed by atoms with Crippen LogP contribution in [0.25, 0.3) is 22.3 Å². The van der Waals surface area contributed by atoms with Crippen LogP contribution >= 0.6 is 0 Å². The number of rotatable bonds is 4. The van der Waals surface area contributed by atoms with Gasteiger partial charge in [-0.05, 0) is 53.4 Å². The summed E-state index contributed by atoms with van der Waals surface area (Å²) in [5.74, 6) is -2.08. The summed E-state index contributed by atoms with van der Waals surface area (Å²) in [6.07, 6.45) is -0.403. The maximum atomic E-state index is 13.7. The number of aliphatic hydroxyl groups excluding tert-OH is 1. The zero-order valence-corrected chi connectivity index (χ0v) is 22.5. The molecule has 1 amide bonds. The Morgan fingerprint density at radius 1 is 0.902 bits per heavy atom. The molecule has 0 unspecified atom stereocenters. The summed E-state index contributed by atoms with van der Waals surface area (Å²) in [5, 5.41) is 9.94. The molecule has 0 spiro atoms. The molecule has 5 rings (SSSR count). The molecule has 1 atom stereocenters. The summed E-state index contributed by atoms with van der Waals surface area (Å²) >= 11 is 0. The molecule has 1 aliphatic heterocycles. The summed E-state index contributed by atoms with van der Waals surface area (Å²) in [5.41, 5.74) is -1.77. The van der Waals surface area contributed by atoms with Gasteiger partial charge >= 0.3 is 15.5 Å². The summed E-state index contributed by atoms with van der Waals surface area (Å²) < 4.78 is 80.0. The standard InChI is InChI=1S/C17H13F4NO5S.C13H12/c18-10-2-4-11(16(24)22-28(25,26)17(19,20)21)13(8-10)9-1-3-12-14(23)5-6-27-15(12)7-9;1-11-7-9-13(10-8-11)12-5-3-2-4-6-12/h1-4,7-8,14,23H,5-6H2,(H,22,24);2-10H,1H3/t14-;/m0./s1. The first-order valence-corrected chi connectivity index (χ1v) is 13.8. The molecule has 0 aromatic heterocycles. The normalized spacial score (nSPS) is 14.6. The molecule has 0 aliphatic carbocycles. The van der Waals surface area contributed by atoms with Crippen molar-refractivity contribution in [2.24, 2.45) is 0 Å². The van der Waals surface area contributed by atoms with Crippen LogP contribution in [-0.4, -0.2) is 31.5 Å². The van der Waals surface area contributed by atoms with Gasteiger partial charge in [0, 0.05) is 17.5 Å². The Hall–Kier alpha value is -4.22. The van der Waals surface area contributed by atoms with Gasteiger partial charge in [-0.25, -0.2) is 9.11 Å². The lowest BCUT2D eigenvalue weighted by Crippen LogP contribution is -2.40. The van der Waals surface area contributed by atoms with E-state index in [1.54, 1.807) is 0 Å². The highest BCUT2D eigenvalue weighted by molar-refractivity contribution is 7.90. The second kappa shape index (κ2) is 12.1. The number of sulfonamides is 1. The summed E-state index contributed by atoms with van der Waals surface area (Å²) in [6.45, 7) is 2.33. The van der Waals surface area contributed by atoms with Crippen LogP contribution in [0.5, 0.6) is 5.75 Å². The summed E-state index contributed by atoms with van der Waals surface area (Å²) in [7, 11) is -5.93. The number of fused-ring (bicyclic) bond motifs is 1. The van der Waals surface area contributed by atoms with Gasteiger partial charge in [0.2, 0.25) is 0 Å². The van der Waals surface area contributed by atoms with Crippen LogP contribution in [0.1, 0.15) is 34.0 Å². The van der Waals surface area contributed by atoms with E-state index < -0.39 is 38.9 Å². The largest absolute Gasteiger partial charge is 0.516 e. The second-order valence-electron chi connectivity index (χ2n) is 9.21. The first kappa shape index (κ1) is 29.8. The van der Waals surface area contributed by atoms with Crippen LogP contribution in [-0.2, 0) is 10.0 Å². The topological polar surface area (TPSA) is 92.7 Å². The number of benzene rings is 4. The van der Waals surface area contributed by atoms with Crippen molar-refractivity contribution in [2.75, 3.05) is 6.61 Å². The van der Waals surface area contributed by atoms with Crippen LogP contribution in [0, 0.1) is 12.7 Å². The van der Waals surface area contributed by atoms with Gasteiger partial charge in [-0.1, -0.05) is 72.3 Å². The summed E-state index contributed by atoms with van der Waals surface area (Å²) in [4.78, 5) is 12.2.